The van der Waals surface area contributed by atoms with Gasteiger partial charge in [-0.2, -0.15) is 5.26 Å². The number of anilines is 1. The molecule has 2 atom stereocenters. The maximum atomic E-state index is 12.6. The summed E-state index contributed by atoms with van der Waals surface area (Å²) in [5.41, 5.74) is 0.341. The van der Waals surface area contributed by atoms with Crippen molar-refractivity contribution in [3.8, 4) is 6.07 Å². The van der Waals surface area contributed by atoms with Gasteiger partial charge in [0.25, 0.3) is 0 Å². The number of aromatic nitrogens is 1. The van der Waals surface area contributed by atoms with Gasteiger partial charge < -0.3 is 14.6 Å². The Kier molecular flexibility index (Phi) is 5.62. The van der Waals surface area contributed by atoms with Crippen LogP contribution in [0.25, 0.3) is 0 Å². The number of nitrogens with one attached hydrogen (secondary N) is 1. The SMILES string of the molecule is Cc1nc(C#N)c(N2CCC(C(=O)N[C@@H]3CCC[C@@H](C)CC3)CC2)o1. The van der Waals surface area contributed by atoms with Crippen LogP contribution in [0, 0.1) is 30.1 Å². The molecule has 2 fully saturated rings. The van der Waals surface area contributed by atoms with Crippen LogP contribution in [0.5, 0.6) is 0 Å². The summed E-state index contributed by atoms with van der Waals surface area (Å²) < 4.78 is 5.58. The number of hydrogen-bond acceptors (Lipinski definition) is 5. The standard InChI is InChI=1S/C19H28N4O2/c1-13-4-3-5-16(7-6-13)22-18(24)15-8-10-23(11-9-15)19-17(12-20)21-14(2)25-19/h13,15-16H,3-11H2,1-2H3,(H,22,24)/t13-,16-/m1/s1. The number of oxazole rings is 1. The van der Waals surface area contributed by atoms with Gasteiger partial charge in [-0.3, -0.25) is 4.79 Å². The van der Waals surface area contributed by atoms with E-state index in [2.05, 4.69) is 23.3 Å². The number of amides is 1. The molecular weight excluding hydrogens is 316 g/mol. The van der Waals surface area contributed by atoms with E-state index in [1.165, 1.54) is 19.3 Å². The minimum atomic E-state index is 0.0616. The molecule has 6 heteroatoms. The van der Waals surface area contributed by atoms with Crippen molar-refractivity contribution in [1.29, 1.82) is 5.26 Å². The Morgan fingerprint density at radius 2 is 2.00 bits per heavy atom. The summed E-state index contributed by atoms with van der Waals surface area (Å²) >= 11 is 0. The number of hydrogen-bond donors (Lipinski definition) is 1. The third-order valence-electron chi connectivity index (χ3n) is 5.58. The first-order valence-electron chi connectivity index (χ1n) is 9.49. The van der Waals surface area contributed by atoms with Crippen LogP contribution < -0.4 is 10.2 Å². The molecule has 1 aromatic heterocycles. The number of carbonyl (C=O) groups excluding carboxylic acids is 1. The van der Waals surface area contributed by atoms with E-state index in [-0.39, 0.29) is 11.8 Å². The average molecular weight is 344 g/mol. The van der Waals surface area contributed by atoms with Crippen molar-refractivity contribution in [2.45, 2.75) is 64.8 Å². The first kappa shape index (κ1) is 17.8. The average Bonchev–Trinajstić information content (AvgIpc) is 2.88. The molecule has 1 saturated carbocycles. The number of nitrogens with zero attached hydrogens (tertiary/aromatic N) is 3. The lowest BCUT2D eigenvalue weighted by Crippen LogP contribution is -2.44. The van der Waals surface area contributed by atoms with Crippen LogP contribution in [-0.4, -0.2) is 30.0 Å². The molecule has 1 aliphatic carbocycles. The van der Waals surface area contributed by atoms with Crippen LogP contribution in [0.2, 0.25) is 0 Å². The Morgan fingerprint density at radius 3 is 2.72 bits per heavy atom. The van der Waals surface area contributed by atoms with Crippen molar-refractivity contribution < 1.29 is 9.21 Å². The lowest BCUT2D eigenvalue weighted by molar-refractivity contribution is -0.126. The van der Waals surface area contributed by atoms with E-state index in [9.17, 15) is 4.79 Å². The number of aryl methyl sites for hydroxylation is 1. The second kappa shape index (κ2) is 7.90. The molecule has 6 nitrogen and oxygen atoms in total. The highest BCUT2D eigenvalue weighted by Gasteiger charge is 2.29. The fourth-order valence-corrected chi connectivity index (χ4v) is 4.00. The summed E-state index contributed by atoms with van der Waals surface area (Å²) in [6, 6.07) is 2.43. The summed E-state index contributed by atoms with van der Waals surface area (Å²) in [6.45, 7) is 5.50. The smallest absolute Gasteiger partial charge is 0.234 e. The van der Waals surface area contributed by atoms with Gasteiger partial charge in [-0.25, -0.2) is 4.98 Å². The maximum Gasteiger partial charge on any atom is 0.234 e. The van der Waals surface area contributed by atoms with Crippen LogP contribution >= 0.6 is 0 Å². The minimum Gasteiger partial charge on any atom is -0.424 e. The first-order valence-corrected chi connectivity index (χ1v) is 9.49. The summed E-state index contributed by atoms with van der Waals surface area (Å²) in [7, 11) is 0. The third kappa shape index (κ3) is 4.33. The van der Waals surface area contributed by atoms with Crippen molar-refractivity contribution in [3.05, 3.63) is 11.6 Å². The predicted molar refractivity (Wildman–Crippen MR) is 95.1 cm³/mol. The third-order valence-corrected chi connectivity index (χ3v) is 5.58. The predicted octanol–water partition coefficient (Wildman–Crippen LogP) is 3.16. The fourth-order valence-electron chi connectivity index (χ4n) is 4.00. The zero-order valence-corrected chi connectivity index (χ0v) is 15.3. The van der Waals surface area contributed by atoms with Crippen LogP contribution in [0.4, 0.5) is 5.88 Å². The molecule has 0 aromatic carbocycles. The molecule has 0 unspecified atom stereocenters. The highest BCUT2D eigenvalue weighted by Crippen LogP contribution is 2.28. The van der Waals surface area contributed by atoms with Gasteiger partial charge in [-0.15, -0.1) is 0 Å². The fraction of sp³-hybridized carbons (Fsp3) is 0.737. The normalized spacial score (nSPS) is 25.2. The van der Waals surface area contributed by atoms with E-state index in [1.807, 2.05) is 4.90 Å². The molecule has 25 heavy (non-hydrogen) atoms. The molecule has 1 N–H and O–H groups in total. The van der Waals surface area contributed by atoms with Crippen molar-refractivity contribution >= 4 is 11.8 Å². The van der Waals surface area contributed by atoms with Gasteiger partial charge in [0, 0.05) is 32.0 Å². The second-order valence-corrected chi connectivity index (χ2v) is 7.58. The minimum absolute atomic E-state index is 0.0616. The molecule has 2 heterocycles. The van der Waals surface area contributed by atoms with Gasteiger partial charge in [-0.1, -0.05) is 19.8 Å². The molecule has 1 amide bonds. The van der Waals surface area contributed by atoms with Crippen molar-refractivity contribution in [1.82, 2.24) is 10.3 Å². The molecule has 2 aliphatic rings. The zero-order valence-electron chi connectivity index (χ0n) is 15.3. The largest absolute Gasteiger partial charge is 0.424 e. The topological polar surface area (TPSA) is 82.2 Å². The van der Waals surface area contributed by atoms with Crippen LogP contribution in [0.1, 0.15) is 63.5 Å². The van der Waals surface area contributed by atoms with Gasteiger partial charge in [0.15, 0.2) is 5.89 Å². The number of nitriles is 1. The molecule has 1 aliphatic heterocycles. The molecule has 0 radical (unpaired) electrons. The molecule has 0 bridgehead atoms. The van der Waals surface area contributed by atoms with Crippen LogP contribution in [0.3, 0.4) is 0 Å². The Bertz CT molecular complexity index is 640. The Balaban J connectivity index is 1.51. The molecule has 1 aromatic rings. The maximum absolute atomic E-state index is 12.6. The summed E-state index contributed by atoms with van der Waals surface area (Å²) in [6.07, 6.45) is 7.51. The quantitative estimate of drug-likeness (QED) is 0.852. The first-order chi connectivity index (χ1) is 12.1. The molecule has 1 saturated heterocycles. The van der Waals surface area contributed by atoms with Gasteiger partial charge >= 0.3 is 0 Å². The van der Waals surface area contributed by atoms with Crippen LogP contribution in [-0.2, 0) is 4.79 Å². The van der Waals surface area contributed by atoms with E-state index in [0.717, 1.165) is 44.7 Å². The van der Waals surface area contributed by atoms with Gasteiger partial charge in [-0.05, 0) is 38.0 Å². The van der Waals surface area contributed by atoms with Crippen LogP contribution in [0.15, 0.2) is 4.42 Å². The Morgan fingerprint density at radius 1 is 1.24 bits per heavy atom. The molecule has 3 rings (SSSR count). The molecular formula is C19H28N4O2. The number of carbonyl (C=O) groups is 1. The summed E-state index contributed by atoms with van der Waals surface area (Å²) in [5.74, 6) is 2.11. The van der Waals surface area contributed by atoms with E-state index in [1.54, 1.807) is 6.92 Å². The summed E-state index contributed by atoms with van der Waals surface area (Å²) in [4.78, 5) is 18.8. The molecule has 0 spiro atoms. The van der Waals surface area contributed by atoms with Gasteiger partial charge in [0.1, 0.15) is 6.07 Å². The lowest BCUT2D eigenvalue weighted by atomic mass is 9.95. The second-order valence-electron chi connectivity index (χ2n) is 7.58. The van der Waals surface area contributed by atoms with E-state index >= 15 is 0 Å². The monoisotopic (exact) mass is 344 g/mol. The van der Waals surface area contributed by atoms with Crippen molar-refractivity contribution in [3.63, 3.8) is 0 Å². The highest BCUT2D eigenvalue weighted by molar-refractivity contribution is 5.79. The summed E-state index contributed by atoms with van der Waals surface area (Å²) in [5, 5.41) is 12.4. The van der Waals surface area contributed by atoms with Gasteiger partial charge in [0.2, 0.25) is 17.5 Å². The van der Waals surface area contributed by atoms with E-state index < -0.39 is 0 Å². The van der Waals surface area contributed by atoms with Gasteiger partial charge in [0.05, 0.1) is 0 Å². The van der Waals surface area contributed by atoms with Crippen molar-refractivity contribution in [2.75, 3.05) is 18.0 Å². The number of rotatable bonds is 3. The highest BCUT2D eigenvalue weighted by atomic mass is 16.4. The Labute approximate surface area is 149 Å². The zero-order chi connectivity index (χ0) is 17.8. The van der Waals surface area contributed by atoms with E-state index in [0.29, 0.717) is 23.5 Å². The Hall–Kier alpha value is -2.03. The number of piperidine rings is 1. The van der Waals surface area contributed by atoms with E-state index in [4.69, 9.17) is 9.68 Å². The molecule has 136 valence electrons. The lowest BCUT2D eigenvalue weighted by Gasteiger charge is -2.31. The van der Waals surface area contributed by atoms with Crippen molar-refractivity contribution in [2.24, 2.45) is 11.8 Å².